The molecular formula is C14H23N5. The molecule has 0 saturated carbocycles. The number of hydrogen-bond acceptors (Lipinski definition) is 5. The van der Waals surface area contributed by atoms with Gasteiger partial charge in [0.15, 0.2) is 0 Å². The second kappa shape index (κ2) is 5.06. The topological polar surface area (TPSA) is 58.3 Å². The van der Waals surface area contributed by atoms with Crippen molar-refractivity contribution >= 4 is 5.95 Å². The molecule has 5 heteroatoms. The van der Waals surface area contributed by atoms with Crippen LogP contribution in [0.15, 0.2) is 6.07 Å². The van der Waals surface area contributed by atoms with Gasteiger partial charge in [-0.25, -0.2) is 9.97 Å². The molecule has 2 saturated heterocycles. The van der Waals surface area contributed by atoms with Crippen molar-refractivity contribution in [1.29, 1.82) is 0 Å². The lowest BCUT2D eigenvalue weighted by atomic mass is 10.1. The molecule has 1 aromatic rings. The largest absolute Gasteiger partial charge is 0.339 e. The molecule has 19 heavy (non-hydrogen) atoms. The Kier molecular flexibility index (Phi) is 3.41. The van der Waals surface area contributed by atoms with Gasteiger partial charge >= 0.3 is 0 Å². The Morgan fingerprint density at radius 2 is 2.05 bits per heavy atom. The molecule has 0 spiro atoms. The fourth-order valence-corrected chi connectivity index (χ4v) is 3.35. The van der Waals surface area contributed by atoms with E-state index in [1.807, 2.05) is 13.0 Å². The van der Waals surface area contributed by atoms with Gasteiger partial charge in [-0.05, 0) is 39.3 Å². The molecule has 3 rings (SSSR count). The van der Waals surface area contributed by atoms with Crippen molar-refractivity contribution < 1.29 is 0 Å². The minimum atomic E-state index is 0.482. The number of fused-ring (bicyclic) bond motifs is 2. The van der Waals surface area contributed by atoms with Crippen LogP contribution in [0.2, 0.25) is 0 Å². The summed E-state index contributed by atoms with van der Waals surface area (Å²) < 4.78 is 0. The summed E-state index contributed by atoms with van der Waals surface area (Å²) >= 11 is 0. The zero-order chi connectivity index (χ0) is 13.4. The third kappa shape index (κ3) is 2.44. The smallest absolute Gasteiger partial charge is 0.225 e. The van der Waals surface area contributed by atoms with E-state index in [0.29, 0.717) is 12.6 Å². The van der Waals surface area contributed by atoms with Crippen LogP contribution < -0.4 is 10.6 Å². The average Bonchev–Trinajstić information content (AvgIpc) is 2.62. The van der Waals surface area contributed by atoms with E-state index in [-0.39, 0.29) is 0 Å². The SMILES string of the molecule is Cc1cc(CN)nc(N2CCC3CCC(C2)N3C)n1. The lowest BCUT2D eigenvalue weighted by Crippen LogP contribution is -2.37. The van der Waals surface area contributed by atoms with Crippen molar-refractivity contribution in [3.05, 3.63) is 17.5 Å². The summed E-state index contributed by atoms with van der Waals surface area (Å²) in [5, 5.41) is 0. The molecule has 3 heterocycles. The van der Waals surface area contributed by atoms with E-state index in [9.17, 15) is 0 Å². The van der Waals surface area contributed by atoms with Gasteiger partial charge in [0, 0.05) is 37.4 Å². The molecule has 0 aliphatic carbocycles. The van der Waals surface area contributed by atoms with E-state index >= 15 is 0 Å². The number of nitrogens with zero attached hydrogens (tertiary/aromatic N) is 4. The molecule has 2 N–H and O–H groups in total. The number of likely N-dealkylation sites (N-methyl/N-ethyl adjacent to an activating group) is 1. The molecule has 104 valence electrons. The van der Waals surface area contributed by atoms with Crippen molar-refractivity contribution in [2.45, 2.75) is 44.8 Å². The number of aryl methyl sites for hydroxylation is 1. The van der Waals surface area contributed by atoms with Gasteiger partial charge in [0.1, 0.15) is 0 Å². The summed E-state index contributed by atoms with van der Waals surface area (Å²) in [6.45, 7) is 4.59. The first-order valence-electron chi connectivity index (χ1n) is 7.19. The molecule has 0 amide bonds. The molecule has 2 atom stereocenters. The van der Waals surface area contributed by atoms with Crippen molar-refractivity contribution in [1.82, 2.24) is 14.9 Å². The zero-order valence-corrected chi connectivity index (χ0v) is 11.8. The predicted octanol–water partition coefficient (Wildman–Crippen LogP) is 0.917. The number of anilines is 1. The molecule has 2 fully saturated rings. The Balaban J connectivity index is 1.84. The van der Waals surface area contributed by atoms with Gasteiger partial charge in [-0.2, -0.15) is 0 Å². The highest BCUT2D eigenvalue weighted by molar-refractivity contribution is 5.33. The maximum Gasteiger partial charge on any atom is 0.225 e. The molecular weight excluding hydrogens is 238 g/mol. The van der Waals surface area contributed by atoms with Gasteiger partial charge in [-0.3, -0.25) is 4.90 Å². The van der Waals surface area contributed by atoms with E-state index in [1.54, 1.807) is 0 Å². The lowest BCUT2D eigenvalue weighted by molar-refractivity contribution is 0.254. The Hall–Kier alpha value is -1.20. The highest BCUT2D eigenvalue weighted by Gasteiger charge is 2.35. The van der Waals surface area contributed by atoms with Gasteiger partial charge in [-0.15, -0.1) is 0 Å². The fraction of sp³-hybridized carbons (Fsp3) is 0.714. The van der Waals surface area contributed by atoms with Crippen LogP contribution in [-0.4, -0.2) is 47.1 Å². The van der Waals surface area contributed by atoms with E-state index in [2.05, 4.69) is 26.8 Å². The van der Waals surface area contributed by atoms with E-state index in [1.165, 1.54) is 19.3 Å². The molecule has 2 aliphatic rings. The molecule has 1 aromatic heterocycles. The Morgan fingerprint density at radius 1 is 1.26 bits per heavy atom. The zero-order valence-electron chi connectivity index (χ0n) is 11.8. The van der Waals surface area contributed by atoms with E-state index < -0.39 is 0 Å². The quantitative estimate of drug-likeness (QED) is 0.858. The minimum absolute atomic E-state index is 0.482. The molecule has 0 aromatic carbocycles. The number of rotatable bonds is 2. The standard InChI is InChI=1S/C14H23N5/c1-10-7-11(8-15)17-14(16-10)19-6-5-12-3-4-13(9-19)18(12)2/h7,12-13H,3-6,8-9,15H2,1-2H3. The lowest BCUT2D eigenvalue weighted by Gasteiger charge is -2.26. The van der Waals surface area contributed by atoms with Crippen LogP contribution >= 0.6 is 0 Å². The number of hydrogen-bond donors (Lipinski definition) is 1. The maximum absolute atomic E-state index is 5.71. The van der Waals surface area contributed by atoms with Gasteiger partial charge in [0.2, 0.25) is 5.95 Å². The summed E-state index contributed by atoms with van der Waals surface area (Å²) in [6, 6.07) is 3.37. The Labute approximate surface area is 114 Å². The first kappa shape index (κ1) is 12.8. The van der Waals surface area contributed by atoms with Crippen LogP contribution in [0.1, 0.15) is 30.7 Å². The van der Waals surface area contributed by atoms with Gasteiger partial charge in [0.25, 0.3) is 0 Å². The van der Waals surface area contributed by atoms with Crippen LogP contribution in [0.5, 0.6) is 0 Å². The molecule has 0 radical (unpaired) electrons. The molecule has 2 aliphatic heterocycles. The van der Waals surface area contributed by atoms with Gasteiger partial charge in [-0.1, -0.05) is 0 Å². The van der Waals surface area contributed by atoms with Crippen molar-refractivity contribution in [2.75, 3.05) is 25.0 Å². The predicted molar refractivity (Wildman–Crippen MR) is 76.1 cm³/mol. The second-order valence-electron chi connectivity index (χ2n) is 5.79. The third-order valence-corrected chi connectivity index (χ3v) is 4.54. The number of aromatic nitrogens is 2. The first-order valence-corrected chi connectivity index (χ1v) is 7.19. The Morgan fingerprint density at radius 3 is 2.84 bits per heavy atom. The van der Waals surface area contributed by atoms with E-state index in [4.69, 9.17) is 5.73 Å². The maximum atomic E-state index is 5.71. The van der Waals surface area contributed by atoms with Crippen molar-refractivity contribution in [3.8, 4) is 0 Å². The monoisotopic (exact) mass is 261 g/mol. The Bertz CT molecular complexity index is 461. The molecule has 5 nitrogen and oxygen atoms in total. The van der Waals surface area contributed by atoms with Crippen molar-refractivity contribution in [2.24, 2.45) is 5.73 Å². The average molecular weight is 261 g/mol. The van der Waals surface area contributed by atoms with Crippen LogP contribution in [0.25, 0.3) is 0 Å². The highest BCUT2D eigenvalue weighted by Crippen LogP contribution is 2.29. The summed E-state index contributed by atoms with van der Waals surface area (Å²) in [4.78, 5) is 14.1. The third-order valence-electron chi connectivity index (χ3n) is 4.54. The van der Waals surface area contributed by atoms with Crippen molar-refractivity contribution in [3.63, 3.8) is 0 Å². The fourth-order valence-electron chi connectivity index (χ4n) is 3.35. The molecule has 2 bridgehead atoms. The summed E-state index contributed by atoms with van der Waals surface area (Å²) in [5.41, 5.74) is 7.66. The van der Waals surface area contributed by atoms with Crippen LogP contribution in [0.4, 0.5) is 5.95 Å². The van der Waals surface area contributed by atoms with Crippen LogP contribution in [0, 0.1) is 6.92 Å². The summed E-state index contributed by atoms with van der Waals surface area (Å²) in [6.07, 6.45) is 3.85. The molecule has 2 unspecified atom stereocenters. The first-order chi connectivity index (χ1) is 9.17. The van der Waals surface area contributed by atoms with Gasteiger partial charge in [0.05, 0.1) is 5.69 Å². The second-order valence-corrected chi connectivity index (χ2v) is 5.79. The summed E-state index contributed by atoms with van der Waals surface area (Å²) in [5.74, 6) is 0.862. The van der Waals surface area contributed by atoms with Crippen LogP contribution in [0.3, 0.4) is 0 Å². The minimum Gasteiger partial charge on any atom is -0.339 e. The van der Waals surface area contributed by atoms with Crippen LogP contribution in [-0.2, 0) is 6.54 Å². The normalized spacial score (nSPS) is 27.6. The van der Waals surface area contributed by atoms with Gasteiger partial charge < -0.3 is 10.6 Å². The number of nitrogens with two attached hydrogens (primary N) is 1. The summed E-state index contributed by atoms with van der Waals surface area (Å²) in [7, 11) is 2.26. The van der Waals surface area contributed by atoms with E-state index in [0.717, 1.165) is 36.5 Å². The highest BCUT2D eigenvalue weighted by atomic mass is 15.3.